The molecule has 2 heterocycles. The van der Waals surface area contributed by atoms with Crippen molar-refractivity contribution in [3.05, 3.63) is 46.2 Å². The Morgan fingerprint density at radius 3 is 2.95 bits per heavy atom. The van der Waals surface area contributed by atoms with Crippen LogP contribution < -0.4 is 5.32 Å². The van der Waals surface area contributed by atoms with Crippen LogP contribution in [0.5, 0.6) is 0 Å². The van der Waals surface area contributed by atoms with Crippen LogP contribution in [0.2, 0.25) is 0 Å². The third-order valence-electron chi connectivity index (χ3n) is 3.27. The van der Waals surface area contributed by atoms with Crippen molar-refractivity contribution in [3.8, 4) is 0 Å². The standard InChI is InChI=1S/C16H23N3S/c1-3-8-18-15(10-16-19-13(2)12-20-16)7-6-14-5-4-9-17-11-14/h4-5,9,11-12,15,18H,3,6-8,10H2,1-2H3. The van der Waals surface area contributed by atoms with E-state index in [-0.39, 0.29) is 0 Å². The summed E-state index contributed by atoms with van der Waals surface area (Å²) in [6.45, 7) is 5.34. The Labute approximate surface area is 125 Å². The molecule has 0 amide bonds. The van der Waals surface area contributed by atoms with Crippen LogP contribution in [-0.2, 0) is 12.8 Å². The summed E-state index contributed by atoms with van der Waals surface area (Å²) in [5.41, 5.74) is 2.44. The molecule has 108 valence electrons. The molecule has 20 heavy (non-hydrogen) atoms. The molecule has 0 aliphatic rings. The van der Waals surface area contributed by atoms with Gasteiger partial charge in [0.15, 0.2) is 0 Å². The van der Waals surface area contributed by atoms with Crippen LogP contribution in [0.1, 0.15) is 36.0 Å². The topological polar surface area (TPSA) is 37.8 Å². The van der Waals surface area contributed by atoms with Gasteiger partial charge in [-0.05, 0) is 44.4 Å². The Morgan fingerprint density at radius 2 is 2.30 bits per heavy atom. The smallest absolute Gasteiger partial charge is 0.0943 e. The van der Waals surface area contributed by atoms with Crippen LogP contribution in [0.25, 0.3) is 0 Å². The molecule has 0 aliphatic carbocycles. The highest BCUT2D eigenvalue weighted by Crippen LogP contribution is 2.14. The SMILES string of the molecule is CCCNC(CCc1cccnc1)Cc1nc(C)cs1. The Bertz CT molecular complexity index is 495. The van der Waals surface area contributed by atoms with E-state index in [1.54, 1.807) is 11.3 Å². The van der Waals surface area contributed by atoms with Gasteiger partial charge in [0.05, 0.1) is 5.01 Å². The van der Waals surface area contributed by atoms with Gasteiger partial charge in [-0.25, -0.2) is 4.98 Å². The van der Waals surface area contributed by atoms with Crippen molar-refractivity contribution in [2.75, 3.05) is 6.54 Å². The summed E-state index contributed by atoms with van der Waals surface area (Å²) in [4.78, 5) is 8.76. The Kier molecular flexibility index (Phi) is 6.15. The van der Waals surface area contributed by atoms with Gasteiger partial charge in [0.25, 0.3) is 0 Å². The highest BCUT2D eigenvalue weighted by molar-refractivity contribution is 7.09. The Morgan fingerprint density at radius 1 is 1.40 bits per heavy atom. The predicted molar refractivity (Wildman–Crippen MR) is 85.2 cm³/mol. The van der Waals surface area contributed by atoms with Crippen molar-refractivity contribution < 1.29 is 0 Å². The number of nitrogens with one attached hydrogen (secondary N) is 1. The number of pyridine rings is 1. The molecule has 0 saturated heterocycles. The number of nitrogens with zero attached hydrogens (tertiary/aromatic N) is 2. The Balaban J connectivity index is 1.89. The second kappa shape index (κ2) is 8.12. The van der Waals surface area contributed by atoms with Crippen LogP contribution in [0.3, 0.4) is 0 Å². The van der Waals surface area contributed by atoms with Crippen molar-refractivity contribution in [1.82, 2.24) is 15.3 Å². The average molecular weight is 289 g/mol. The second-order valence-corrected chi connectivity index (χ2v) is 6.08. The quantitative estimate of drug-likeness (QED) is 0.809. The maximum atomic E-state index is 4.58. The average Bonchev–Trinajstić information content (AvgIpc) is 2.88. The third-order valence-corrected chi connectivity index (χ3v) is 4.26. The zero-order valence-electron chi connectivity index (χ0n) is 12.3. The van der Waals surface area contributed by atoms with Crippen molar-refractivity contribution >= 4 is 11.3 Å². The van der Waals surface area contributed by atoms with Gasteiger partial charge in [-0.15, -0.1) is 11.3 Å². The summed E-state index contributed by atoms with van der Waals surface area (Å²) in [5, 5.41) is 7.01. The van der Waals surface area contributed by atoms with Crippen LogP contribution in [-0.4, -0.2) is 22.6 Å². The zero-order chi connectivity index (χ0) is 14.2. The van der Waals surface area contributed by atoms with Gasteiger partial charge >= 0.3 is 0 Å². The first-order chi connectivity index (χ1) is 9.78. The summed E-state index contributed by atoms with van der Waals surface area (Å²) in [6.07, 6.45) is 8.18. The second-order valence-electron chi connectivity index (χ2n) is 5.14. The van der Waals surface area contributed by atoms with E-state index < -0.39 is 0 Å². The van der Waals surface area contributed by atoms with Gasteiger partial charge in [-0.1, -0.05) is 13.0 Å². The van der Waals surface area contributed by atoms with E-state index in [1.807, 2.05) is 18.5 Å². The summed E-state index contributed by atoms with van der Waals surface area (Å²) < 4.78 is 0. The van der Waals surface area contributed by atoms with E-state index in [9.17, 15) is 0 Å². The van der Waals surface area contributed by atoms with Gasteiger partial charge in [-0.2, -0.15) is 0 Å². The fourth-order valence-electron chi connectivity index (χ4n) is 2.22. The maximum absolute atomic E-state index is 4.58. The highest BCUT2D eigenvalue weighted by atomic mass is 32.1. The van der Waals surface area contributed by atoms with Gasteiger partial charge in [0, 0.05) is 35.9 Å². The van der Waals surface area contributed by atoms with E-state index in [2.05, 4.69) is 40.6 Å². The molecule has 0 bridgehead atoms. The molecule has 2 aromatic rings. The van der Waals surface area contributed by atoms with Gasteiger partial charge in [0.1, 0.15) is 0 Å². The van der Waals surface area contributed by atoms with Crippen molar-refractivity contribution in [2.24, 2.45) is 0 Å². The summed E-state index contributed by atoms with van der Waals surface area (Å²) in [7, 11) is 0. The van der Waals surface area contributed by atoms with E-state index in [1.165, 1.54) is 17.0 Å². The lowest BCUT2D eigenvalue weighted by Gasteiger charge is -2.17. The largest absolute Gasteiger partial charge is 0.314 e. The monoisotopic (exact) mass is 289 g/mol. The van der Waals surface area contributed by atoms with Crippen molar-refractivity contribution in [1.29, 1.82) is 0 Å². The van der Waals surface area contributed by atoms with E-state index in [4.69, 9.17) is 0 Å². The van der Waals surface area contributed by atoms with Gasteiger partial charge in [0.2, 0.25) is 0 Å². The minimum atomic E-state index is 0.501. The first-order valence-electron chi connectivity index (χ1n) is 7.31. The molecule has 1 N–H and O–H groups in total. The molecule has 2 rings (SSSR count). The van der Waals surface area contributed by atoms with Gasteiger partial charge in [-0.3, -0.25) is 4.98 Å². The van der Waals surface area contributed by atoms with Crippen molar-refractivity contribution in [2.45, 2.75) is 45.6 Å². The first-order valence-corrected chi connectivity index (χ1v) is 8.19. The van der Waals surface area contributed by atoms with Crippen LogP contribution >= 0.6 is 11.3 Å². The van der Waals surface area contributed by atoms with Crippen LogP contribution in [0.4, 0.5) is 0 Å². The molecule has 0 spiro atoms. The summed E-state index contributed by atoms with van der Waals surface area (Å²) >= 11 is 1.77. The summed E-state index contributed by atoms with van der Waals surface area (Å²) in [5.74, 6) is 0. The van der Waals surface area contributed by atoms with Gasteiger partial charge < -0.3 is 5.32 Å². The number of thiazole rings is 1. The van der Waals surface area contributed by atoms with E-state index >= 15 is 0 Å². The number of rotatable bonds is 8. The highest BCUT2D eigenvalue weighted by Gasteiger charge is 2.11. The number of aryl methyl sites for hydroxylation is 2. The molecule has 4 heteroatoms. The van der Waals surface area contributed by atoms with Crippen LogP contribution in [0, 0.1) is 6.92 Å². The Hall–Kier alpha value is -1.26. The normalized spacial score (nSPS) is 12.5. The number of hydrogen-bond donors (Lipinski definition) is 1. The molecule has 0 aromatic carbocycles. The van der Waals surface area contributed by atoms with E-state index in [0.29, 0.717) is 6.04 Å². The molecule has 2 aromatic heterocycles. The molecule has 3 nitrogen and oxygen atoms in total. The minimum absolute atomic E-state index is 0.501. The first kappa shape index (κ1) is 15.1. The van der Waals surface area contributed by atoms with Crippen LogP contribution in [0.15, 0.2) is 29.9 Å². The molecule has 0 radical (unpaired) electrons. The fraction of sp³-hybridized carbons (Fsp3) is 0.500. The number of hydrogen-bond acceptors (Lipinski definition) is 4. The molecule has 0 fully saturated rings. The third kappa shape index (κ3) is 5.02. The lowest BCUT2D eigenvalue weighted by Crippen LogP contribution is -2.32. The minimum Gasteiger partial charge on any atom is -0.314 e. The molecule has 1 unspecified atom stereocenters. The summed E-state index contributed by atoms with van der Waals surface area (Å²) in [6, 6.07) is 4.66. The lowest BCUT2D eigenvalue weighted by molar-refractivity contribution is 0.476. The zero-order valence-corrected chi connectivity index (χ0v) is 13.1. The lowest BCUT2D eigenvalue weighted by atomic mass is 10.0. The fourth-order valence-corrected chi connectivity index (χ4v) is 3.07. The molecular formula is C16H23N3S. The molecule has 0 aliphatic heterocycles. The maximum Gasteiger partial charge on any atom is 0.0943 e. The number of aromatic nitrogens is 2. The predicted octanol–water partition coefficient (Wildman–Crippen LogP) is 3.39. The molecular weight excluding hydrogens is 266 g/mol. The molecule has 0 saturated carbocycles. The van der Waals surface area contributed by atoms with E-state index in [0.717, 1.165) is 31.5 Å². The van der Waals surface area contributed by atoms with Crippen molar-refractivity contribution in [3.63, 3.8) is 0 Å². The molecule has 1 atom stereocenters.